The van der Waals surface area contributed by atoms with Gasteiger partial charge < -0.3 is 19.3 Å². The SMILES string of the molecule is C1CCC(NCc2nc(C3COCCO3)no2)C1. The topological polar surface area (TPSA) is 69.4 Å². The summed E-state index contributed by atoms with van der Waals surface area (Å²) in [4.78, 5) is 4.35. The molecule has 1 aromatic rings. The Balaban J connectivity index is 1.52. The van der Waals surface area contributed by atoms with E-state index in [9.17, 15) is 0 Å². The maximum absolute atomic E-state index is 5.52. The second kappa shape index (κ2) is 5.77. The van der Waals surface area contributed by atoms with Crippen LogP contribution in [0.25, 0.3) is 0 Å². The molecule has 18 heavy (non-hydrogen) atoms. The maximum atomic E-state index is 5.52. The fraction of sp³-hybridized carbons (Fsp3) is 0.833. The smallest absolute Gasteiger partial charge is 0.240 e. The quantitative estimate of drug-likeness (QED) is 0.869. The summed E-state index contributed by atoms with van der Waals surface area (Å²) in [5, 5.41) is 7.40. The van der Waals surface area contributed by atoms with Crippen LogP contribution in [0.15, 0.2) is 4.52 Å². The van der Waals surface area contributed by atoms with Crippen molar-refractivity contribution in [2.45, 2.75) is 44.4 Å². The van der Waals surface area contributed by atoms with Gasteiger partial charge in [-0.15, -0.1) is 0 Å². The third-order valence-electron chi connectivity index (χ3n) is 3.48. The van der Waals surface area contributed by atoms with Gasteiger partial charge in [0.1, 0.15) is 6.10 Å². The predicted octanol–water partition coefficient (Wildman–Crippen LogP) is 1.19. The molecule has 1 aliphatic heterocycles. The highest BCUT2D eigenvalue weighted by Gasteiger charge is 2.22. The highest BCUT2D eigenvalue weighted by atomic mass is 16.6. The standard InChI is InChI=1S/C12H19N3O3/c1-2-4-9(3-1)13-7-11-14-12(15-18-11)10-8-16-5-6-17-10/h9-10,13H,1-8H2. The van der Waals surface area contributed by atoms with Crippen molar-refractivity contribution < 1.29 is 14.0 Å². The van der Waals surface area contributed by atoms with E-state index in [0.717, 1.165) is 0 Å². The van der Waals surface area contributed by atoms with Gasteiger partial charge in [-0.2, -0.15) is 4.98 Å². The van der Waals surface area contributed by atoms with Crippen LogP contribution in [0.1, 0.15) is 43.5 Å². The van der Waals surface area contributed by atoms with E-state index in [1.54, 1.807) is 0 Å². The van der Waals surface area contributed by atoms with E-state index in [-0.39, 0.29) is 6.10 Å². The van der Waals surface area contributed by atoms with Crippen LogP contribution in [0.5, 0.6) is 0 Å². The van der Waals surface area contributed by atoms with Crippen molar-refractivity contribution in [2.75, 3.05) is 19.8 Å². The molecule has 1 aromatic heterocycles. The van der Waals surface area contributed by atoms with Gasteiger partial charge in [-0.3, -0.25) is 0 Å². The van der Waals surface area contributed by atoms with Crippen molar-refractivity contribution in [2.24, 2.45) is 0 Å². The molecule has 100 valence electrons. The molecule has 0 amide bonds. The molecule has 0 aromatic carbocycles. The number of aromatic nitrogens is 2. The van der Waals surface area contributed by atoms with Crippen molar-refractivity contribution in [3.05, 3.63) is 11.7 Å². The summed E-state index contributed by atoms with van der Waals surface area (Å²) < 4.78 is 16.1. The first-order valence-electron chi connectivity index (χ1n) is 6.67. The third-order valence-corrected chi connectivity index (χ3v) is 3.48. The average molecular weight is 253 g/mol. The average Bonchev–Trinajstić information content (AvgIpc) is 3.09. The van der Waals surface area contributed by atoms with Crippen molar-refractivity contribution in [3.8, 4) is 0 Å². The van der Waals surface area contributed by atoms with Crippen LogP contribution in [0.4, 0.5) is 0 Å². The number of ether oxygens (including phenoxy) is 2. The molecule has 6 heteroatoms. The Labute approximate surface area is 106 Å². The van der Waals surface area contributed by atoms with Crippen LogP contribution in [0.2, 0.25) is 0 Å². The molecular weight excluding hydrogens is 234 g/mol. The van der Waals surface area contributed by atoms with Crippen molar-refractivity contribution in [3.63, 3.8) is 0 Å². The van der Waals surface area contributed by atoms with Crippen LogP contribution < -0.4 is 5.32 Å². The van der Waals surface area contributed by atoms with E-state index in [0.29, 0.717) is 44.1 Å². The first-order chi connectivity index (χ1) is 8.92. The summed E-state index contributed by atoms with van der Waals surface area (Å²) in [6.07, 6.45) is 4.96. The molecule has 6 nitrogen and oxygen atoms in total. The molecule has 1 N–H and O–H groups in total. The van der Waals surface area contributed by atoms with Gasteiger partial charge in [-0.05, 0) is 12.8 Å². The lowest BCUT2D eigenvalue weighted by Crippen LogP contribution is -2.25. The van der Waals surface area contributed by atoms with Crippen LogP contribution in [-0.2, 0) is 16.0 Å². The van der Waals surface area contributed by atoms with Gasteiger partial charge in [-0.25, -0.2) is 0 Å². The predicted molar refractivity (Wildman–Crippen MR) is 62.9 cm³/mol. The fourth-order valence-electron chi connectivity index (χ4n) is 2.47. The van der Waals surface area contributed by atoms with Gasteiger partial charge in [0.2, 0.25) is 11.7 Å². The molecule has 3 rings (SSSR count). The summed E-state index contributed by atoms with van der Waals surface area (Å²) >= 11 is 0. The van der Waals surface area contributed by atoms with Gasteiger partial charge in [0.25, 0.3) is 0 Å². The lowest BCUT2D eigenvalue weighted by molar-refractivity contribution is -0.0941. The molecule has 1 unspecified atom stereocenters. The Kier molecular flexibility index (Phi) is 3.87. The molecular formula is C12H19N3O3. The molecule has 0 spiro atoms. The minimum absolute atomic E-state index is 0.178. The zero-order valence-corrected chi connectivity index (χ0v) is 10.4. The van der Waals surface area contributed by atoms with E-state index >= 15 is 0 Å². The lowest BCUT2D eigenvalue weighted by Gasteiger charge is -2.19. The molecule has 2 fully saturated rings. The van der Waals surface area contributed by atoms with Crippen molar-refractivity contribution >= 4 is 0 Å². The van der Waals surface area contributed by atoms with E-state index in [1.807, 2.05) is 0 Å². The lowest BCUT2D eigenvalue weighted by atomic mass is 10.2. The highest BCUT2D eigenvalue weighted by molar-refractivity contribution is 4.92. The zero-order valence-electron chi connectivity index (χ0n) is 10.4. The normalized spacial score (nSPS) is 25.7. The van der Waals surface area contributed by atoms with Crippen LogP contribution in [0, 0.1) is 0 Å². The second-order valence-electron chi connectivity index (χ2n) is 4.84. The van der Waals surface area contributed by atoms with E-state index < -0.39 is 0 Å². The largest absolute Gasteiger partial charge is 0.376 e. The summed E-state index contributed by atoms with van der Waals surface area (Å²) in [5.41, 5.74) is 0. The third kappa shape index (κ3) is 2.88. The van der Waals surface area contributed by atoms with Crippen LogP contribution in [0.3, 0.4) is 0 Å². The maximum Gasteiger partial charge on any atom is 0.240 e. The Morgan fingerprint density at radius 1 is 1.22 bits per heavy atom. The Bertz CT molecular complexity index is 370. The van der Waals surface area contributed by atoms with E-state index in [2.05, 4.69) is 15.5 Å². The van der Waals surface area contributed by atoms with Gasteiger partial charge >= 0.3 is 0 Å². The summed E-state index contributed by atoms with van der Waals surface area (Å²) in [5.74, 6) is 1.23. The van der Waals surface area contributed by atoms with Crippen LogP contribution in [-0.4, -0.2) is 36.0 Å². The minimum Gasteiger partial charge on any atom is -0.376 e. The van der Waals surface area contributed by atoms with Gasteiger partial charge in [-0.1, -0.05) is 18.0 Å². The highest BCUT2D eigenvalue weighted by Crippen LogP contribution is 2.19. The number of rotatable bonds is 4. The minimum atomic E-state index is -0.178. The molecule has 1 aliphatic carbocycles. The molecule has 2 aliphatic rings. The number of nitrogens with one attached hydrogen (secondary N) is 1. The number of hydrogen-bond donors (Lipinski definition) is 1. The monoisotopic (exact) mass is 253 g/mol. The summed E-state index contributed by atoms with van der Waals surface area (Å²) in [7, 11) is 0. The summed E-state index contributed by atoms with van der Waals surface area (Å²) in [6.45, 7) is 2.39. The number of hydrogen-bond acceptors (Lipinski definition) is 6. The molecule has 1 saturated carbocycles. The molecule has 2 heterocycles. The van der Waals surface area contributed by atoms with Gasteiger partial charge in [0.05, 0.1) is 26.4 Å². The van der Waals surface area contributed by atoms with Gasteiger partial charge in [0, 0.05) is 6.04 Å². The Morgan fingerprint density at radius 3 is 2.89 bits per heavy atom. The first kappa shape index (κ1) is 12.1. The van der Waals surface area contributed by atoms with Crippen molar-refractivity contribution in [1.29, 1.82) is 0 Å². The Morgan fingerprint density at radius 2 is 2.11 bits per heavy atom. The molecule has 0 bridgehead atoms. The molecule has 1 saturated heterocycles. The first-order valence-corrected chi connectivity index (χ1v) is 6.67. The van der Waals surface area contributed by atoms with Gasteiger partial charge in [0.15, 0.2) is 0 Å². The molecule has 1 atom stereocenters. The van der Waals surface area contributed by atoms with Crippen molar-refractivity contribution in [1.82, 2.24) is 15.5 Å². The molecule has 0 radical (unpaired) electrons. The summed E-state index contributed by atoms with van der Waals surface area (Å²) in [6, 6.07) is 0.606. The van der Waals surface area contributed by atoms with Crippen LogP contribution >= 0.6 is 0 Å². The van der Waals surface area contributed by atoms with E-state index in [4.69, 9.17) is 14.0 Å². The second-order valence-corrected chi connectivity index (χ2v) is 4.84. The Hall–Kier alpha value is -0.980. The van der Waals surface area contributed by atoms with E-state index in [1.165, 1.54) is 25.7 Å². The zero-order chi connectivity index (χ0) is 12.2. The fourth-order valence-corrected chi connectivity index (χ4v) is 2.47. The number of nitrogens with zero attached hydrogens (tertiary/aromatic N) is 2.